The van der Waals surface area contributed by atoms with E-state index in [1.165, 1.54) is 11.3 Å². The fourth-order valence-electron chi connectivity index (χ4n) is 2.84. The molecule has 1 heterocycles. The fraction of sp³-hybridized carbons (Fsp3) is 0.375. The van der Waals surface area contributed by atoms with Gasteiger partial charge in [0, 0.05) is 17.6 Å². The summed E-state index contributed by atoms with van der Waals surface area (Å²) in [7, 11) is 1.64. The molecule has 3 rings (SSSR count). The number of aliphatic hydroxyl groups excluding tert-OH is 1. The molecule has 1 atom stereocenters. The molecule has 1 unspecified atom stereocenters. The molecule has 0 spiro atoms. The second-order valence-electron chi connectivity index (χ2n) is 5.39. The van der Waals surface area contributed by atoms with Crippen molar-refractivity contribution in [3.63, 3.8) is 0 Å². The summed E-state index contributed by atoms with van der Waals surface area (Å²) in [6.07, 6.45) is 4.97. The average molecular weight is 305 g/mol. The van der Waals surface area contributed by atoms with E-state index in [-0.39, 0.29) is 0 Å². The predicted molar refractivity (Wildman–Crippen MR) is 84.0 cm³/mol. The Kier molecular flexibility index (Phi) is 3.83. The fourth-order valence-corrected chi connectivity index (χ4v) is 3.01. The first-order valence-corrected chi connectivity index (χ1v) is 7.48. The lowest BCUT2D eigenvalue weighted by atomic mass is 9.91. The Hall–Kier alpha value is -1.65. The number of allylic oxidation sites excluding steroid dienone is 2. The molecule has 4 nitrogen and oxygen atoms in total. The number of benzodiazepines with no additional fused rings is 1. The minimum Gasteiger partial charge on any atom is -0.364 e. The van der Waals surface area contributed by atoms with E-state index in [0.717, 1.165) is 36.1 Å². The smallest absolute Gasteiger partial charge is 0.278 e. The van der Waals surface area contributed by atoms with Crippen molar-refractivity contribution in [2.24, 2.45) is 4.99 Å². The van der Waals surface area contributed by atoms with Gasteiger partial charge < -0.3 is 10.0 Å². The molecule has 2 aliphatic rings. The van der Waals surface area contributed by atoms with Crippen molar-refractivity contribution in [3.05, 3.63) is 40.4 Å². The number of benzene rings is 1. The number of rotatable bonds is 1. The number of aliphatic imine (C=N–C) groups is 1. The SMILES string of the molecule is CN1C(=O)C(O)N=C(C2=CCCCC2)c2cc(Cl)ccc21. The van der Waals surface area contributed by atoms with Crippen LogP contribution in [0.5, 0.6) is 0 Å². The van der Waals surface area contributed by atoms with Gasteiger partial charge in [0.15, 0.2) is 0 Å². The van der Waals surface area contributed by atoms with E-state index < -0.39 is 12.1 Å². The van der Waals surface area contributed by atoms with Gasteiger partial charge >= 0.3 is 0 Å². The zero-order chi connectivity index (χ0) is 15.0. The van der Waals surface area contributed by atoms with Crippen LogP contribution in [0.3, 0.4) is 0 Å². The van der Waals surface area contributed by atoms with Crippen molar-refractivity contribution < 1.29 is 9.90 Å². The molecule has 1 aliphatic carbocycles. The molecule has 21 heavy (non-hydrogen) atoms. The number of likely N-dealkylation sites (N-methyl/N-ethyl adjacent to an activating group) is 1. The number of aliphatic hydroxyl groups is 1. The van der Waals surface area contributed by atoms with Crippen LogP contribution in [0.4, 0.5) is 5.69 Å². The number of hydrogen-bond acceptors (Lipinski definition) is 3. The van der Waals surface area contributed by atoms with Crippen molar-refractivity contribution in [1.82, 2.24) is 0 Å². The van der Waals surface area contributed by atoms with Crippen molar-refractivity contribution in [3.8, 4) is 0 Å². The standard InChI is InChI=1S/C16H17ClN2O2/c1-19-13-8-7-11(17)9-12(13)14(18-15(20)16(19)21)10-5-3-2-4-6-10/h5,7-9,15,20H,2-4,6H2,1H3. The van der Waals surface area contributed by atoms with Crippen molar-refractivity contribution in [2.75, 3.05) is 11.9 Å². The van der Waals surface area contributed by atoms with Crippen LogP contribution in [0, 0.1) is 0 Å². The molecular formula is C16H17ClN2O2. The van der Waals surface area contributed by atoms with Gasteiger partial charge in [0.2, 0.25) is 6.23 Å². The summed E-state index contributed by atoms with van der Waals surface area (Å²) >= 11 is 6.11. The summed E-state index contributed by atoms with van der Waals surface area (Å²) < 4.78 is 0. The van der Waals surface area contributed by atoms with E-state index in [1.54, 1.807) is 19.2 Å². The molecule has 5 heteroatoms. The third-order valence-electron chi connectivity index (χ3n) is 3.97. The molecule has 0 radical (unpaired) electrons. The van der Waals surface area contributed by atoms with Gasteiger partial charge in [-0.25, -0.2) is 4.99 Å². The lowest BCUT2D eigenvalue weighted by Crippen LogP contribution is -2.34. The Morgan fingerprint density at radius 1 is 1.38 bits per heavy atom. The van der Waals surface area contributed by atoms with Crippen LogP contribution in [-0.4, -0.2) is 30.0 Å². The van der Waals surface area contributed by atoms with Crippen LogP contribution >= 0.6 is 11.6 Å². The number of carbonyl (C=O) groups excluding carboxylic acids is 1. The van der Waals surface area contributed by atoms with Crippen LogP contribution in [0.1, 0.15) is 31.2 Å². The molecule has 1 aromatic carbocycles. The maximum atomic E-state index is 12.1. The number of halogens is 1. The number of hydrogen-bond donors (Lipinski definition) is 1. The van der Waals surface area contributed by atoms with Gasteiger partial charge in [-0.2, -0.15) is 0 Å². The molecule has 1 N–H and O–H groups in total. The van der Waals surface area contributed by atoms with E-state index in [4.69, 9.17) is 11.6 Å². The van der Waals surface area contributed by atoms with E-state index in [0.29, 0.717) is 10.7 Å². The Labute approximate surface area is 128 Å². The number of anilines is 1. The number of carbonyl (C=O) groups is 1. The van der Waals surface area contributed by atoms with Crippen molar-refractivity contribution in [2.45, 2.75) is 31.9 Å². The Morgan fingerprint density at radius 2 is 2.19 bits per heavy atom. The monoisotopic (exact) mass is 304 g/mol. The van der Waals surface area contributed by atoms with Crippen LogP contribution < -0.4 is 4.90 Å². The van der Waals surface area contributed by atoms with E-state index in [2.05, 4.69) is 11.1 Å². The van der Waals surface area contributed by atoms with Crippen molar-refractivity contribution in [1.29, 1.82) is 0 Å². The Morgan fingerprint density at radius 3 is 2.90 bits per heavy atom. The second-order valence-corrected chi connectivity index (χ2v) is 5.82. The molecule has 0 fully saturated rings. The van der Waals surface area contributed by atoms with Crippen LogP contribution in [-0.2, 0) is 4.79 Å². The van der Waals surface area contributed by atoms with Crippen molar-refractivity contribution >= 4 is 28.9 Å². The van der Waals surface area contributed by atoms with Gasteiger partial charge in [-0.3, -0.25) is 4.79 Å². The molecule has 1 amide bonds. The zero-order valence-electron chi connectivity index (χ0n) is 11.8. The first-order chi connectivity index (χ1) is 10.1. The maximum absolute atomic E-state index is 12.1. The lowest BCUT2D eigenvalue weighted by molar-refractivity contribution is -0.125. The van der Waals surface area contributed by atoms with Gasteiger partial charge in [0.1, 0.15) is 0 Å². The third kappa shape index (κ3) is 2.61. The van der Waals surface area contributed by atoms with Gasteiger partial charge in [-0.05, 0) is 49.5 Å². The summed E-state index contributed by atoms with van der Waals surface area (Å²) in [6.45, 7) is 0. The van der Waals surface area contributed by atoms with Gasteiger partial charge in [0.05, 0.1) is 11.4 Å². The van der Waals surface area contributed by atoms with Crippen LogP contribution in [0.25, 0.3) is 0 Å². The summed E-state index contributed by atoms with van der Waals surface area (Å²) in [5.41, 5.74) is 3.32. The number of nitrogens with zero attached hydrogens (tertiary/aromatic N) is 2. The van der Waals surface area contributed by atoms with Crippen LogP contribution in [0.15, 0.2) is 34.8 Å². The zero-order valence-corrected chi connectivity index (χ0v) is 12.6. The molecule has 0 saturated carbocycles. The molecule has 1 aromatic rings. The van der Waals surface area contributed by atoms with Gasteiger partial charge in [0.25, 0.3) is 5.91 Å². The summed E-state index contributed by atoms with van der Waals surface area (Å²) in [5, 5.41) is 10.6. The first kappa shape index (κ1) is 14.3. The highest BCUT2D eigenvalue weighted by Crippen LogP contribution is 2.32. The highest BCUT2D eigenvalue weighted by atomic mass is 35.5. The van der Waals surface area contributed by atoms with E-state index in [9.17, 15) is 9.90 Å². The minimum atomic E-state index is -1.36. The normalized spacial score (nSPS) is 22.3. The lowest BCUT2D eigenvalue weighted by Gasteiger charge is -2.20. The van der Waals surface area contributed by atoms with Gasteiger partial charge in [-0.1, -0.05) is 17.7 Å². The summed E-state index contributed by atoms with van der Waals surface area (Å²) in [4.78, 5) is 17.8. The topological polar surface area (TPSA) is 52.9 Å². The maximum Gasteiger partial charge on any atom is 0.278 e. The Balaban J connectivity index is 2.19. The highest BCUT2D eigenvalue weighted by molar-refractivity contribution is 6.32. The molecule has 0 bridgehead atoms. The quantitative estimate of drug-likeness (QED) is 0.867. The molecule has 110 valence electrons. The Bertz CT molecular complexity index is 652. The second kappa shape index (κ2) is 5.62. The molecular weight excluding hydrogens is 288 g/mol. The summed E-state index contributed by atoms with van der Waals surface area (Å²) in [6, 6.07) is 5.36. The minimum absolute atomic E-state index is 0.426. The van der Waals surface area contributed by atoms with Gasteiger partial charge in [-0.15, -0.1) is 0 Å². The van der Waals surface area contributed by atoms with Crippen LogP contribution in [0.2, 0.25) is 5.02 Å². The average Bonchev–Trinajstić information content (AvgIpc) is 2.59. The largest absolute Gasteiger partial charge is 0.364 e. The summed E-state index contributed by atoms with van der Waals surface area (Å²) in [5.74, 6) is -0.426. The molecule has 0 saturated heterocycles. The number of fused-ring (bicyclic) bond motifs is 1. The first-order valence-electron chi connectivity index (χ1n) is 7.10. The highest BCUT2D eigenvalue weighted by Gasteiger charge is 2.29. The third-order valence-corrected chi connectivity index (χ3v) is 4.21. The van der Waals surface area contributed by atoms with E-state index >= 15 is 0 Å². The molecule has 0 aromatic heterocycles. The molecule has 1 aliphatic heterocycles. The number of amides is 1. The van der Waals surface area contributed by atoms with E-state index in [1.807, 2.05) is 6.07 Å². The predicted octanol–water partition coefficient (Wildman–Crippen LogP) is 2.92.